The number of nitrogens with zero attached hydrogens (tertiary/aromatic N) is 6. The fourth-order valence-electron chi connectivity index (χ4n) is 2.77. The van der Waals surface area contributed by atoms with Crippen molar-refractivity contribution < 1.29 is 9.59 Å². The van der Waals surface area contributed by atoms with Crippen LogP contribution in [-0.2, 0) is 4.79 Å². The van der Waals surface area contributed by atoms with E-state index in [0.717, 1.165) is 43.6 Å². The highest BCUT2D eigenvalue weighted by Gasteiger charge is 2.26. The summed E-state index contributed by atoms with van der Waals surface area (Å²) in [7, 11) is 0. The molecule has 2 amide bonds. The van der Waals surface area contributed by atoms with Gasteiger partial charge in [0.1, 0.15) is 6.33 Å². The highest BCUT2D eigenvalue weighted by atomic mass is 32.2. The van der Waals surface area contributed by atoms with Crippen LogP contribution in [0.25, 0.3) is 6.08 Å². The number of pyridine rings is 1. The van der Waals surface area contributed by atoms with E-state index in [1.54, 1.807) is 6.20 Å². The maximum atomic E-state index is 11.6. The van der Waals surface area contributed by atoms with Crippen molar-refractivity contribution in [3.8, 4) is 0 Å². The number of hydrogen-bond acceptors (Lipinski definition) is 9. The molecule has 2 saturated heterocycles. The molecular weight excluding hydrogens is 354 g/mol. The average molecular weight is 369 g/mol. The number of hydrogen-bond donors (Lipinski definition) is 1. The van der Waals surface area contributed by atoms with Crippen molar-refractivity contribution in [1.82, 2.24) is 25.3 Å². The van der Waals surface area contributed by atoms with Gasteiger partial charge in [-0.1, -0.05) is 0 Å². The largest absolute Gasteiger partial charge is 0.367 e. The summed E-state index contributed by atoms with van der Waals surface area (Å²) in [5, 5.41) is 1.82. The summed E-state index contributed by atoms with van der Waals surface area (Å²) < 4.78 is 0. The van der Waals surface area contributed by atoms with Gasteiger partial charge in [-0.2, -0.15) is 4.98 Å². The maximum absolute atomic E-state index is 11.6. The zero-order valence-electron chi connectivity index (χ0n) is 13.7. The molecule has 26 heavy (non-hydrogen) atoms. The summed E-state index contributed by atoms with van der Waals surface area (Å²) in [4.78, 5) is 44.4. The maximum Gasteiger partial charge on any atom is 0.290 e. The van der Waals surface area contributed by atoms with Gasteiger partial charge in [0.25, 0.3) is 11.1 Å². The Balaban J connectivity index is 1.45. The van der Waals surface area contributed by atoms with Crippen LogP contribution in [0.4, 0.5) is 16.4 Å². The molecule has 0 bridgehead atoms. The van der Waals surface area contributed by atoms with Crippen LogP contribution < -0.4 is 15.1 Å². The Morgan fingerprint density at radius 1 is 1.12 bits per heavy atom. The van der Waals surface area contributed by atoms with Gasteiger partial charge in [0, 0.05) is 38.5 Å². The number of amides is 2. The molecule has 2 aromatic heterocycles. The van der Waals surface area contributed by atoms with E-state index >= 15 is 0 Å². The molecule has 0 unspecified atom stereocenters. The zero-order chi connectivity index (χ0) is 17.9. The van der Waals surface area contributed by atoms with Gasteiger partial charge in [-0.25, -0.2) is 9.97 Å². The standard InChI is InChI=1S/C16H15N7O2S/c24-14-12(26-16(25)21-14)8-13-18-10-19-15(20-13)23-6-4-22(5-7-23)11-2-1-3-17-9-11/h1-3,8-10H,4-7H2,(H,21,24,25)/b12-8-. The minimum atomic E-state index is -0.424. The fraction of sp³-hybridized carbons (Fsp3) is 0.250. The van der Waals surface area contributed by atoms with Crippen molar-refractivity contribution in [2.75, 3.05) is 36.0 Å². The number of rotatable bonds is 3. The number of imide groups is 1. The zero-order valence-corrected chi connectivity index (χ0v) is 14.5. The number of aromatic nitrogens is 4. The van der Waals surface area contributed by atoms with E-state index < -0.39 is 5.91 Å². The third-order valence-electron chi connectivity index (χ3n) is 4.05. The van der Waals surface area contributed by atoms with Crippen LogP contribution in [0, 0.1) is 0 Å². The van der Waals surface area contributed by atoms with Crippen molar-refractivity contribution in [1.29, 1.82) is 0 Å². The Hall–Kier alpha value is -3.01. The predicted octanol–water partition coefficient (Wildman–Crippen LogP) is 0.917. The van der Waals surface area contributed by atoms with E-state index in [9.17, 15) is 9.59 Å². The SMILES string of the molecule is O=C1NC(=O)/C(=C/c2ncnc(N3CCN(c4cccnc4)CC3)n2)S1. The van der Waals surface area contributed by atoms with Gasteiger partial charge >= 0.3 is 0 Å². The third kappa shape index (κ3) is 3.49. The van der Waals surface area contributed by atoms with Gasteiger partial charge in [0.15, 0.2) is 5.82 Å². The molecule has 2 aliphatic rings. The van der Waals surface area contributed by atoms with Crippen LogP contribution in [-0.4, -0.2) is 57.3 Å². The normalized spacial score (nSPS) is 19.2. The van der Waals surface area contributed by atoms with Gasteiger partial charge in [-0.15, -0.1) is 0 Å². The van der Waals surface area contributed by atoms with E-state index in [1.165, 1.54) is 12.4 Å². The van der Waals surface area contributed by atoms with Crippen molar-refractivity contribution in [3.05, 3.63) is 41.6 Å². The summed E-state index contributed by atoms with van der Waals surface area (Å²) in [5.41, 5.74) is 1.10. The summed E-state index contributed by atoms with van der Waals surface area (Å²) in [6, 6.07) is 3.97. The van der Waals surface area contributed by atoms with Crippen molar-refractivity contribution in [2.45, 2.75) is 0 Å². The Kier molecular flexibility index (Phi) is 4.48. The summed E-state index contributed by atoms with van der Waals surface area (Å²) >= 11 is 0.843. The number of anilines is 2. The first kappa shape index (κ1) is 16.5. The van der Waals surface area contributed by atoms with E-state index in [0.29, 0.717) is 11.8 Å². The Morgan fingerprint density at radius 2 is 1.92 bits per heavy atom. The van der Waals surface area contributed by atoms with Crippen LogP contribution in [0.15, 0.2) is 35.8 Å². The lowest BCUT2D eigenvalue weighted by atomic mass is 10.3. The van der Waals surface area contributed by atoms with E-state index in [-0.39, 0.29) is 10.1 Å². The molecule has 132 valence electrons. The van der Waals surface area contributed by atoms with Gasteiger partial charge in [0.2, 0.25) is 5.95 Å². The first-order valence-corrected chi connectivity index (χ1v) is 8.84. The Bertz CT molecular complexity index is 866. The highest BCUT2D eigenvalue weighted by molar-refractivity contribution is 8.18. The molecule has 0 saturated carbocycles. The quantitative estimate of drug-likeness (QED) is 0.791. The molecule has 10 heteroatoms. The van der Waals surface area contributed by atoms with E-state index in [2.05, 4.69) is 35.1 Å². The molecule has 0 spiro atoms. The molecule has 2 fully saturated rings. The van der Waals surface area contributed by atoms with E-state index in [4.69, 9.17) is 0 Å². The molecule has 0 aliphatic carbocycles. The molecule has 0 atom stereocenters. The molecule has 4 rings (SSSR count). The van der Waals surface area contributed by atoms with Crippen LogP contribution in [0.2, 0.25) is 0 Å². The van der Waals surface area contributed by atoms with Gasteiger partial charge in [-0.05, 0) is 23.9 Å². The molecule has 2 aromatic rings. The van der Waals surface area contributed by atoms with Gasteiger partial charge in [0.05, 0.1) is 16.8 Å². The topological polar surface area (TPSA) is 104 Å². The number of thioether (sulfide) groups is 1. The lowest BCUT2D eigenvalue weighted by Gasteiger charge is -2.35. The van der Waals surface area contributed by atoms with Crippen molar-refractivity contribution in [3.63, 3.8) is 0 Å². The lowest BCUT2D eigenvalue weighted by molar-refractivity contribution is -0.115. The summed E-state index contributed by atoms with van der Waals surface area (Å²) in [6.07, 6.45) is 6.54. The predicted molar refractivity (Wildman–Crippen MR) is 97.6 cm³/mol. The Labute approximate surface area is 153 Å². The van der Waals surface area contributed by atoms with Crippen LogP contribution in [0.1, 0.15) is 5.82 Å². The van der Waals surface area contributed by atoms with Crippen LogP contribution in [0.5, 0.6) is 0 Å². The number of carbonyl (C=O) groups is 2. The second-order valence-electron chi connectivity index (χ2n) is 5.68. The molecule has 9 nitrogen and oxygen atoms in total. The Morgan fingerprint density at radius 3 is 2.62 bits per heavy atom. The lowest BCUT2D eigenvalue weighted by Crippen LogP contribution is -2.47. The van der Waals surface area contributed by atoms with Crippen LogP contribution >= 0.6 is 11.8 Å². The second kappa shape index (κ2) is 7.08. The number of nitrogens with one attached hydrogen (secondary N) is 1. The fourth-order valence-corrected chi connectivity index (χ4v) is 3.42. The number of piperazine rings is 1. The first-order valence-electron chi connectivity index (χ1n) is 8.03. The monoisotopic (exact) mass is 369 g/mol. The molecule has 0 aromatic carbocycles. The van der Waals surface area contributed by atoms with E-state index in [1.807, 2.05) is 18.3 Å². The summed E-state index contributed by atoms with van der Waals surface area (Å²) in [5.74, 6) is 0.497. The molecule has 4 heterocycles. The third-order valence-corrected chi connectivity index (χ3v) is 4.86. The van der Waals surface area contributed by atoms with Gasteiger partial charge in [-0.3, -0.25) is 19.9 Å². The van der Waals surface area contributed by atoms with Crippen LogP contribution in [0.3, 0.4) is 0 Å². The molecule has 1 N–H and O–H groups in total. The highest BCUT2D eigenvalue weighted by Crippen LogP contribution is 2.25. The van der Waals surface area contributed by atoms with Crippen molar-refractivity contribution in [2.24, 2.45) is 0 Å². The van der Waals surface area contributed by atoms with Crippen molar-refractivity contribution >= 4 is 40.6 Å². The number of carbonyl (C=O) groups excluding carboxylic acids is 2. The summed E-state index contributed by atoms with van der Waals surface area (Å²) in [6.45, 7) is 3.20. The second-order valence-corrected chi connectivity index (χ2v) is 6.70. The molecule has 2 aliphatic heterocycles. The smallest absolute Gasteiger partial charge is 0.290 e. The van der Waals surface area contributed by atoms with Gasteiger partial charge < -0.3 is 9.80 Å². The molecule has 0 radical (unpaired) electrons. The molecular formula is C16H15N7O2S. The minimum absolute atomic E-state index is 0.286. The first-order chi connectivity index (χ1) is 12.7. The minimum Gasteiger partial charge on any atom is -0.367 e. The average Bonchev–Trinajstić information content (AvgIpc) is 3.00.